The van der Waals surface area contributed by atoms with Crippen LogP contribution in [0.2, 0.25) is 0 Å². The molecule has 146 valence electrons. The van der Waals surface area contributed by atoms with E-state index in [1.54, 1.807) is 0 Å². The molecule has 4 rings (SSSR count). The van der Waals surface area contributed by atoms with Crippen molar-refractivity contribution in [2.24, 2.45) is 0 Å². The van der Waals surface area contributed by atoms with Crippen LogP contribution >= 0.6 is 11.3 Å². The molecule has 0 bridgehead atoms. The van der Waals surface area contributed by atoms with Crippen molar-refractivity contribution in [1.29, 1.82) is 0 Å². The minimum atomic E-state index is 1.31. The zero-order chi connectivity index (χ0) is 20.7. The highest BCUT2D eigenvalue weighted by Gasteiger charge is 2.16. The second-order valence-corrected chi connectivity index (χ2v) is 9.53. The summed E-state index contributed by atoms with van der Waals surface area (Å²) in [6.07, 6.45) is 0. The van der Waals surface area contributed by atoms with E-state index in [4.69, 9.17) is 0 Å². The second kappa shape index (κ2) is 7.65. The van der Waals surface area contributed by atoms with Crippen molar-refractivity contribution in [2.45, 2.75) is 41.5 Å². The third kappa shape index (κ3) is 4.21. The molecule has 1 heteroatoms. The van der Waals surface area contributed by atoms with Gasteiger partial charge in [0.15, 0.2) is 0 Å². The normalized spacial score (nSPS) is 11.1. The van der Waals surface area contributed by atoms with Gasteiger partial charge < -0.3 is 0 Å². The molecule has 1 aromatic heterocycles. The monoisotopic (exact) mass is 396 g/mol. The first-order chi connectivity index (χ1) is 13.8. The molecule has 0 aliphatic heterocycles. The number of aryl methyl sites for hydroxylation is 6. The van der Waals surface area contributed by atoms with Crippen LogP contribution in [0.3, 0.4) is 0 Å². The van der Waals surface area contributed by atoms with Crippen LogP contribution in [0.25, 0.3) is 32.0 Å². The van der Waals surface area contributed by atoms with Crippen molar-refractivity contribution in [2.75, 3.05) is 0 Å². The number of hydrogen-bond acceptors (Lipinski definition) is 1. The topological polar surface area (TPSA) is 0 Å². The van der Waals surface area contributed by atoms with E-state index in [1.165, 1.54) is 65.4 Å². The Kier molecular flexibility index (Phi) is 5.19. The summed E-state index contributed by atoms with van der Waals surface area (Å²) in [5.74, 6) is 0. The van der Waals surface area contributed by atoms with Gasteiger partial charge in [-0.3, -0.25) is 0 Å². The minimum Gasteiger partial charge on any atom is -0.135 e. The fourth-order valence-electron chi connectivity index (χ4n) is 4.32. The average molecular weight is 397 g/mol. The highest BCUT2D eigenvalue weighted by molar-refractivity contribution is 7.19. The van der Waals surface area contributed by atoms with Crippen LogP contribution in [-0.4, -0.2) is 0 Å². The highest BCUT2D eigenvalue weighted by Crippen LogP contribution is 2.44. The summed E-state index contributed by atoms with van der Waals surface area (Å²) in [7, 11) is 0. The zero-order valence-corrected chi connectivity index (χ0v) is 19.0. The molecule has 0 unspecified atom stereocenters. The Morgan fingerprint density at radius 3 is 1.24 bits per heavy atom. The van der Waals surface area contributed by atoms with Crippen molar-refractivity contribution in [3.8, 4) is 32.0 Å². The van der Waals surface area contributed by atoms with Gasteiger partial charge in [0.1, 0.15) is 0 Å². The van der Waals surface area contributed by atoms with Crippen molar-refractivity contribution in [3.05, 3.63) is 94.0 Å². The number of rotatable bonds is 3. The van der Waals surface area contributed by atoms with Gasteiger partial charge in [-0.05, 0) is 64.3 Å². The molecule has 0 fully saturated rings. The first kappa shape index (κ1) is 19.7. The predicted molar refractivity (Wildman–Crippen MR) is 129 cm³/mol. The van der Waals surface area contributed by atoms with E-state index in [2.05, 4.69) is 102 Å². The largest absolute Gasteiger partial charge is 0.135 e. The molecule has 0 amide bonds. The Bertz CT molecular complexity index is 1080. The Labute approximate surface area is 178 Å². The minimum absolute atomic E-state index is 1.31. The fourth-order valence-corrected chi connectivity index (χ4v) is 5.47. The first-order valence-corrected chi connectivity index (χ1v) is 11.0. The molecule has 0 saturated heterocycles. The molecule has 29 heavy (non-hydrogen) atoms. The van der Waals surface area contributed by atoms with E-state index >= 15 is 0 Å². The van der Waals surface area contributed by atoms with Crippen LogP contribution in [0.5, 0.6) is 0 Å². The molecule has 1 heterocycles. The predicted octanol–water partition coefficient (Wildman–Crippen LogP) is 8.60. The van der Waals surface area contributed by atoms with Crippen LogP contribution in [0.4, 0.5) is 0 Å². The van der Waals surface area contributed by atoms with Gasteiger partial charge in [-0.25, -0.2) is 0 Å². The maximum atomic E-state index is 2.39. The molecule has 4 aromatic rings. The SMILES string of the molecule is Cc1cc(C)cc(-c2cc(-c3cc(C)cc(C)c3)c(-c3cc(C)cc(C)c3)s2)c1. The van der Waals surface area contributed by atoms with Crippen molar-refractivity contribution in [1.82, 2.24) is 0 Å². The number of benzene rings is 3. The zero-order valence-electron chi connectivity index (χ0n) is 18.2. The lowest BCUT2D eigenvalue weighted by molar-refractivity contribution is 1.38. The molecule has 0 radical (unpaired) electrons. The summed E-state index contributed by atoms with van der Waals surface area (Å²) in [6.45, 7) is 13.1. The number of thiophene rings is 1. The Hall–Kier alpha value is -2.64. The molecule has 3 aromatic carbocycles. The molecule has 0 N–H and O–H groups in total. The number of hydrogen-bond donors (Lipinski definition) is 0. The third-order valence-electron chi connectivity index (χ3n) is 5.25. The smallest absolute Gasteiger partial charge is 0.0427 e. The van der Waals surface area contributed by atoms with Crippen LogP contribution in [0.1, 0.15) is 33.4 Å². The lowest BCUT2D eigenvalue weighted by Gasteiger charge is -2.09. The quantitative estimate of drug-likeness (QED) is 0.325. The van der Waals surface area contributed by atoms with Crippen LogP contribution in [0.15, 0.2) is 60.7 Å². The van der Waals surface area contributed by atoms with Crippen molar-refractivity contribution >= 4 is 11.3 Å². The van der Waals surface area contributed by atoms with Gasteiger partial charge in [0, 0.05) is 15.3 Å². The summed E-state index contributed by atoms with van der Waals surface area (Å²) in [4.78, 5) is 2.69. The summed E-state index contributed by atoms with van der Waals surface area (Å²) >= 11 is 1.91. The van der Waals surface area contributed by atoms with Crippen LogP contribution in [-0.2, 0) is 0 Å². The van der Waals surface area contributed by atoms with Crippen molar-refractivity contribution < 1.29 is 0 Å². The molecule has 0 saturated carbocycles. The van der Waals surface area contributed by atoms with Crippen LogP contribution in [0, 0.1) is 41.5 Å². The van der Waals surface area contributed by atoms with E-state index in [9.17, 15) is 0 Å². The Morgan fingerprint density at radius 2 is 0.793 bits per heavy atom. The van der Waals surface area contributed by atoms with Gasteiger partial charge in [0.25, 0.3) is 0 Å². The molecule has 0 atom stereocenters. The van der Waals surface area contributed by atoms with E-state index in [0.29, 0.717) is 0 Å². The van der Waals surface area contributed by atoms with E-state index in [0.717, 1.165) is 0 Å². The molecule has 0 aliphatic carbocycles. The summed E-state index contributed by atoms with van der Waals surface area (Å²) in [6, 6.07) is 23.0. The average Bonchev–Trinajstić information content (AvgIpc) is 3.05. The lowest BCUT2D eigenvalue weighted by atomic mass is 9.96. The molecular weight excluding hydrogens is 368 g/mol. The van der Waals surface area contributed by atoms with Gasteiger partial charge in [0.05, 0.1) is 0 Å². The van der Waals surface area contributed by atoms with Crippen LogP contribution < -0.4 is 0 Å². The first-order valence-electron chi connectivity index (χ1n) is 10.2. The van der Waals surface area contributed by atoms with Gasteiger partial charge in [-0.1, -0.05) is 88.0 Å². The van der Waals surface area contributed by atoms with Crippen molar-refractivity contribution in [3.63, 3.8) is 0 Å². The van der Waals surface area contributed by atoms with E-state index < -0.39 is 0 Å². The third-order valence-corrected chi connectivity index (χ3v) is 6.49. The second-order valence-electron chi connectivity index (χ2n) is 8.48. The highest BCUT2D eigenvalue weighted by atomic mass is 32.1. The maximum Gasteiger partial charge on any atom is 0.0427 e. The molecule has 0 nitrogen and oxygen atoms in total. The standard InChI is InChI=1S/C28H28S/c1-17-7-18(2)11-23(10-17)26-16-27(24-12-19(3)8-20(4)13-24)29-28(26)25-14-21(5)9-22(6)15-25/h7-16H,1-6H3. The van der Waals surface area contributed by atoms with Gasteiger partial charge >= 0.3 is 0 Å². The molecule has 0 aliphatic rings. The molecule has 0 spiro atoms. The summed E-state index contributed by atoms with van der Waals surface area (Å²) in [5, 5.41) is 0. The van der Waals surface area contributed by atoms with Gasteiger partial charge in [-0.15, -0.1) is 11.3 Å². The Balaban J connectivity index is 1.98. The Morgan fingerprint density at radius 1 is 0.414 bits per heavy atom. The summed E-state index contributed by atoms with van der Waals surface area (Å²) < 4.78 is 0. The van der Waals surface area contributed by atoms with Gasteiger partial charge in [0.2, 0.25) is 0 Å². The summed E-state index contributed by atoms with van der Waals surface area (Å²) in [5.41, 5.74) is 13.1. The maximum absolute atomic E-state index is 2.39. The van der Waals surface area contributed by atoms with E-state index in [-0.39, 0.29) is 0 Å². The lowest BCUT2D eigenvalue weighted by Crippen LogP contribution is -1.85. The fraction of sp³-hybridized carbons (Fsp3) is 0.214. The molecular formula is C28H28S. The van der Waals surface area contributed by atoms with Gasteiger partial charge in [-0.2, -0.15) is 0 Å². The van der Waals surface area contributed by atoms with E-state index in [1.807, 2.05) is 11.3 Å².